The van der Waals surface area contributed by atoms with Gasteiger partial charge in [-0.15, -0.1) is 0 Å². The minimum absolute atomic E-state index is 0.203. The Morgan fingerprint density at radius 2 is 1.82 bits per heavy atom. The fraction of sp³-hybridized carbons (Fsp3) is 0.120. The molecule has 4 aromatic rings. The first-order valence-corrected chi connectivity index (χ1v) is 10.8. The highest BCUT2D eigenvalue weighted by molar-refractivity contribution is 6.31. The standard InChI is InChI=1S/C25H22ClN5O3/c1-16-13-20(7-8-21(16)26)34-22-15-29-31(2)25(33)23(22)30-19-5-3-18(4-6-19)24(32)28-14-17-9-11-27-12-10-17/h3-13,15,30H,14H2,1-2H3,(H,28,32). The van der Waals surface area contributed by atoms with E-state index >= 15 is 0 Å². The SMILES string of the molecule is Cc1cc(Oc2cnn(C)c(=O)c2Nc2ccc(C(=O)NCc3ccncc3)cc2)ccc1Cl. The Hall–Kier alpha value is -4.17. The number of aryl methyl sites for hydroxylation is 2. The first-order chi connectivity index (χ1) is 16.4. The lowest BCUT2D eigenvalue weighted by molar-refractivity contribution is 0.0951. The molecule has 0 bridgehead atoms. The van der Waals surface area contributed by atoms with Crippen LogP contribution in [0.2, 0.25) is 5.02 Å². The predicted molar refractivity (Wildman–Crippen MR) is 131 cm³/mol. The Labute approximate surface area is 201 Å². The van der Waals surface area contributed by atoms with Crippen LogP contribution < -0.4 is 20.9 Å². The van der Waals surface area contributed by atoms with Gasteiger partial charge in [-0.25, -0.2) is 4.68 Å². The maximum atomic E-state index is 12.8. The largest absolute Gasteiger partial charge is 0.453 e. The fourth-order valence-corrected chi connectivity index (χ4v) is 3.28. The van der Waals surface area contributed by atoms with Crippen LogP contribution in [0.1, 0.15) is 21.5 Å². The molecular weight excluding hydrogens is 454 g/mol. The summed E-state index contributed by atoms with van der Waals surface area (Å²) in [5, 5.41) is 10.6. The lowest BCUT2D eigenvalue weighted by Gasteiger charge is -2.14. The summed E-state index contributed by atoms with van der Waals surface area (Å²) in [7, 11) is 1.56. The van der Waals surface area contributed by atoms with Gasteiger partial charge in [-0.2, -0.15) is 5.10 Å². The minimum atomic E-state index is -0.359. The van der Waals surface area contributed by atoms with Gasteiger partial charge >= 0.3 is 0 Å². The second-order valence-electron chi connectivity index (χ2n) is 7.57. The normalized spacial score (nSPS) is 10.6. The highest BCUT2D eigenvalue weighted by Crippen LogP contribution is 2.30. The number of carbonyl (C=O) groups excluding carboxylic acids is 1. The van der Waals surface area contributed by atoms with Gasteiger partial charge in [-0.1, -0.05) is 11.6 Å². The molecule has 0 aliphatic rings. The van der Waals surface area contributed by atoms with E-state index in [9.17, 15) is 9.59 Å². The molecule has 0 saturated carbocycles. The van der Waals surface area contributed by atoms with Gasteiger partial charge in [-0.05, 0) is 72.6 Å². The molecule has 0 atom stereocenters. The molecule has 4 rings (SSSR count). The average Bonchev–Trinajstić information content (AvgIpc) is 2.85. The number of halogens is 1. The van der Waals surface area contributed by atoms with Crippen molar-refractivity contribution in [2.75, 3.05) is 5.32 Å². The van der Waals surface area contributed by atoms with E-state index in [4.69, 9.17) is 16.3 Å². The van der Waals surface area contributed by atoms with Crippen molar-refractivity contribution in [1.29, 1.82) is 0 Å². The number of anilines is 2. The van der Waals surface area contributed by atoms with E-state index in [2.05, 4.69) is 20.7 Å². The Bertz CT molecular complexity index is 1370. The third-order valence-corrected chi connectivity index (χ3v) is 5.50. The molecule has 172 valence electrons. The van der Waals surface area contributed by atoms with Gasteiger partial charge in [0, 0.05) is 42.3 Å². The maximum Gasteiger partial charge on any atom is 0.294 e. The number of ether oxygens (including phenoxy) is 1. The van der Waals surface area contributed by atoms with Crippen molar-refractivity contribution in [1.82, 2.24) is 20.1 Å². The van der Waals surface area contributed by atoms with Gasteiger partial charge in [0.1, 0.15) is 5.75 Å². The highest BCUT2D eigenvalue weighted by Gasteiger charge is 2.14. The van der Waals surface area contributed by atoms with Gasteiger partial charge in [-0.3, -0.25) is 14.6 Å². The van der Waals surface area contributed by atoms with E-state index in [1.165, 1.54) is 10.9 Å². The zero-order valence-electron chi connectivity index (χ0n) is 18.6. The van der Waals surface area contributed by atoms with Gasteiger partial charge < -0.3 is 15.4 Å². The number of amides is 1. The van der Waals surface area contributed by atoms with Crippen molar-refractivity contribution in [2.24, 2.45) is 7.05 Å². The monoisotopic (exact) mass is 475 g/mol. The lowest BCUT2D eigenvalue weighted by atomic mass is 10.2. The van der Waals surface area contributed by atoms with Crippen LogP contribution in [-0.2, 0) is 13.6 Å². The Kier molecular flexibility index (Phi) is 6.89. The van der Waals surface area contributed by atoms with Crippen molar-refractivity contribution in [3.05, 3.63) is 105 Å². The summed E-state index contributed by atoms with van der Waals surface area (Å²) in [6.07, 6.45) is 4.82. The molecule has 0 aliphatic heterocycles. The van der Waals surface area contributed by atoms with Gasteiger partial charge in [0.25, 0.3) is 11.5 Å². The number of benzene rings is 2. The van der Waals surface area contributed by atoms with Crippen molar-refractivity contribution >= 4 is 28.9 Å². The number of hydrogen-bond acceptors (Lipinski definition) is 6. The molecule has 34 heavy (non-hydrogen) atoms. The molecular formula is C25H22ClN5O3. The second kappa shape index (κ2) is 10.2. The number of carbonyl (C=O) groups is 1. The van der Waals surface area contributed by atoms with Crippen LogP contribution in [0.3, 0.4) is 0 Å². The minimum Gasteiger partial charge on any atom is -0.453 e. The zero-order chi connectivity index (χ0) is 24.1. The Balaban J connectivity index is 1.50. The molecule has 9 heteroatoms. The van der Waals surface area contributed by atoms with Crippen molar-refractivity contribution < 1.29 is 9.53 Å². The summed E-state index contributed by atoms with van der Waals surface area (Å²) in [4.78, 5) is 29.2. The van der Waals surface area contributed by atoms with E-state index in [0.29, 0.717) is 28.6 Å². The molecule has 0 unspecified atom stereocenters. The van der Waals surface area contributed by atoms with Crippen LogP contribution in [0.5, 0.6) is 11.5 Å². The van der Waals surface area contributed by atoms with E-state index in [1.807, 2.05) is 19.1 Å². The summed E-state index contributed by atoms with van der Waals surface area (Å²) in [5.74, 6) is 0.593. The van der Waals surface area contributed by atoms with E-state index in [0.717, 1.165) is 11.1 Å². The zero-order valence-corrected chi connectivity index (χ0v) is 19.3. The molecule has 0 spiro atoms. The molecule has 2 N–H and O–H groups in total. The van der Waals surface area contributed by atoms with Crippen LogP contribution >= 0.6 is 11.6 Å². The Morgan fingerprint density at radius 1 is 1.09 bits per heavy atom. The molecule has 0 aliphatic carbocycles. The summed E-state index contributed by atoms with van der Waals surface area (Å²) < 4.78 is 7.14. The topological polar surface area (TPSA) is 98.1 Å². The second-order valence-corrected chi connectivity index (χ2v) is 7.97. The smallest absolute Gasteiger partial charge is 0.294 e. The van der Waals surface area contributed by atoms with Crippen LogP contribution in [0.4, 0.5) is 11.4 Å². The third-order valence-electron chi connectivity index (χ3n) is 5.08. The quantitative estimate of drug-likeness (QED) is 0.405. The average molecular weight is 476 g/mol. The van der Waals surface area contributed by atoms with E-state index in [-0.39, 0.29) is 22.9 Å². The number of pyridine rings is 1. The number of nitrogens with zero attached hydrogens (tertiary/aromatic N) is 3. The van der Waals surface area contributed by atoms with E-state index < -0.39 is 0 Å². The van der Waals surface area contributed by atoms with Crippen LogP contribution in [0.25, 0.3) is 0 Å². The van der Waals surface area contributed by atoms with E-state index in [1.54, 1.807) is 61.9 Å². The molecule has 8 nitrogen and oxygen atoms in total. The van der Waals surface area contributed by atoms with Gasteiger partial charge in [0.15, 0.2) is 11.4 Å². The number of rotatable bonds is 7. The molecule has 2 heterocycles. The van der Waals surface area contributed by atoms with Crippen LogP contribution in [-0.4, -0.2) is 20.7 Å². The lowest BCUT2D eigenvalue weighted by Crippen LogP contribution is -2.23. The molecule has 0 saturated heterocycles. The summed E-state index contributed by atoms with van der Waals surface area (Å²) in [6, 6.07) is 15.7. The number of aromatic nitrogens is 3. The van der Waals surface area contributed by atoms with Crippen molar-refractivity contribution in [3.8, 4) is 11.5 Å². The van der Waals surface area contributed by atoms with Gasteiger partial charge in [0.2, 0.25) is 0 Å². The van der Waals surface area contributed by atoms with Crippen LogP contribution in [0.15, 0.2) is 78.0 Å². The molecule has 2 aromatic heterocycles. The van der Waals surface area contributed by atoms with Crippen LogP contribution in [0, 0.1) is 6.92 Å². The maximum absolute atomic E-state index is 12.8. The molecule has 1 amide bonds. The first-order valence-electron chi connectivity index (χ1n) is 10.5. The number of nitrogens with one attached hydrogen (secondary N) is 2. The van der Waals surface area contributed by atoms with Crippen molar-refractivity contribution in [2.45, 2.75) is 13.5 Å². The molecule has 0 radical (unpaired) electrons. The first kappa shape index (κ1) is 23.0. The fourth-order valence-electron chi connectivity index (χ4n) is 3.16. The van der Waals surface area contributed by atoms with Gasteiger partial charge in [0.05, 0.1) is 6.20 Å². The third kappa shape index (κ3) is 5.41. The summed E-state index contributed by atoms with van der Waals surface area (Å²) in [5.41, 5.74) is 2.78. The summed E-state index contributed by atoms with van der Waals surface area (Å²) in [6.45, 7) is 2.27. The predicted octanol–water partition coefficient (Wildman–Crippen LogP) is 4.60. The summed E-state index contributed by atoms with van der Waals surface area (Å²) >= 11 is 6.09. The molecule has 0 fully saturated rings. The highest BCUT2D eigenvalue weighted by atomic mass is 35.5. The number of hydrogen-bond donors (Lipinski definition) is 2. The van der Waals surface area contributed by atoms with Crippen molar-refractivity contribution in [3.63, 3.8) is 0 Å². The Morgan fingerprint density at radius 3 is 2.53 bits per heavy atom. The molecule has 2 aromatic carbocycles.